The number of fused-ring (bicyclic) bond motifs is 1. The molecule has 0 N–H and O–H groups in total. The van der Waals surface area contributed by atoms with Crippen molar-refractivity contribution in [1.29, 1.82) is 0 Å². The maximum Gasteiger partial charge on any atom is 0.0151 e. The van der Waals surface area contributed by atoms with Crippen LogP contribution in [0.3, 0.4) is 0 Å². The van der Waals surface area contributed by atoms with Gasteiger partial charge in [-0.05, 0) is 23.5 Å². The van der Waals surface area contributed by atoms with Crippen molar-refractivity contribution >= 4 is 11.8 Å². The van der Waals surface area contributed by atoms with Gasteiger partial charge in [-0.2, -0.15) is 0 Å². The second-order valence-electron chi connectivity index (χ2n) is 2.30. The molecule has 0 unspecified atom stereocenters. The molecule has 1 heterocycles. The van der Waals surface area contributed by atoms with Crippen LogP contribution in [-0.4, -0.2) is 0 Å². The Balaban J connectivity index is 0. The van der Waals surface area contributed by atoms with Crippen LogP contribution < -0.4 is 0 Å². The van der Waals surface area contributed by atoms with Crippen LogP contribution >= 0.6 is 11.8 Å². The first-order chi connectivity index (χ1) is 7.97. The summed E-state index contributed by atoms with van der Waals surface area (Å²) >= 11 is 1.81. The fourth-order valence-corrected chi connectivity index (χ4v) is 1.88. The lowest BCUT2D eigenvalue weighted by atomic mass is 10.1. The Morgan fingerprint density at radius 3 is 2.00 bits per heavy atom. The summed E-state index contributed by atoms with van der Waals surface area (Å²) in [6.45, 7) is 12.0. The van der Waals surface area contributed by atoms with E-state index < -0.39 is 0 Å². The molecule has 1 aliphatic heterocycles. The van der Waals surface area contributed by atoms with Crippen molar-refractivity contribution in [1.82, 2.24) is 0 Å². The van der Waals surface area contributed by atoms with Crippen LogP contribution in [-0.2, 0) is 6.42 Å². The molecule has 0 saturated heterocycles. The molecule has 1 aromatic carbocycles. The Bertz CT molecular complexity index is 237. The summed E-state index contributed by atoms with van der Waals surface area (Å²) in [5.74, 6) is 0. The molecule has 0 bridgehead atoms. The molecular formula is C15H26S. The summed E-state index contributed by atoms with van der Waals surface area (Å²) in [5, 5.41) is 2.16. The van der Waals surface area contributed by atoms with Crippen LogP contribution in [0.1, 0.15) is 47.1 Å². The second-order valence-corrected chi connectivity index (χ2v) is 3.25. The van der Waals surface area contributed by atoms with E-state index in [9.17, 15) is 0 Å². The van der Waals surface area contributed by atoms with Crippen molar-refractivity contribution in [2.75, 3.05) is 0 Å². The molecule has 92 valence electrons. The van der Waals surface area contributed by atoms with Gasteiger partial charge in [0.25, 0.3) is 0 Å². The molecule has 0 aromatic heterocycles. The van der Waals surface area contributed by atoms with E-state index in [1.165, 1.54) is 10.5 Å². The van der Waals surface area contributed by atoms with Gasteiger partial charge in [-0.25, -0.2) is 0 Å². The average Bonchev–Trinajstić information content (AvgIpc) is 2.45. The van der Waals surface area contributed by atoms with Gasteiger partial charge in [0.1, 0.15) is 0 Å². The van der Waals surface area contributed by atoms with E-state index >= 15 is 0 Å². The van der Waals surface area contributed by atoms with E-state index in [-0.39, 0.29) is 0 Å². The van der Waals surface area contributed by atoms with Crippen molar-refractivity contribution in [2.45, 2.75) is 52.9 Å². The molecule has 2 rings (SSSR count). The van der Waals surface area contributed by atoms with Crippen LogP contribution in [0.25, 0.3) is 0 Å². The minimum absolute atomic E-state index is 1.10. The van der Waals surface area contributed by atoms with Gasteiger partial charge in [-0.3, -0.25) is 0 Å². The first-order valence-corrected chi connectivity index (χ1v) is 7.24. The number of hydrogen-bond donors (Lipinski definition) is 0. The molecule has 1 heteroatoms. The molecule has 0 atom stereocenters. The zero-order valence-electron chi connectivity index (χ0n) is 11.6. The standard InChI is InChI=1S/C9H8S.3C2H6/c1-2-6-9-8(4-1)5-3-7-10-9;3*1-2/h1-4,6-7H,5H2;3*1-2H3. The van der Waals surface area contributed by atoms with E-state index in [1.807, 2.05) is 53.3 Å². The summed E-state index contributed by atoms with van der Waals surface area (Å²) in [5.41, 5.74) is 1.45. The summed E-state index contributed by atoms with van der Waals surface area (Å²) in [7, 11) is 0. The van der Waals surface area contributed by atoms with Gasteiger partial charge in [0.15, 0.2) is 0 Å². The van der Waals surface area contributed by atoms with E-state index in [4.69, 9.17) is 0 Å². The smallest absolute Gasteiger partial charge is 0.0151 e. The highest BCUT2D eigenvalue weighted by Gasteiger charge is 2.01. The number of thioether (sulfide) groups is 1. The van der Waals surface area contributed by atoms with Crippen LogP contribution in [0.5, 0.6) is 0 Å². The molecule has 0 saturated carbocycles. The van der Waals surface area contributed by atoms with Gasteiger partial charge in [0.05, 0.1) is 0 Å². The number of allylic oxidation sites excluding steroid dienone is 1. The summed E-state index contributed by atoms with van der Waals surface area (Å²) in [6.07, 6.45) is 3.30. The van der Waals surface area contributed by atoms with Crippen molar-refractivity contribution in [3.05, 3.63) is 41.3 Å². The number of benzene rings is 1. The van der Waals surface area contributed by atoms with E-state index in [0.717, 1.165) is 6.42 Å². The largest absolute Gasteiger partial charge is 0.0981 e. The van der Waals surface area contributed by atoms with Crippen LogP contribution in [0.2, 0.25) is 0 Å². The molecule has 16 heavy (non-hydrogen) atoms. The Labute approximate surface area is 106 Å². The average molecular weight is 238 g/mol. The molecule has 0 amide bonds. The van der Waals surface area contributed by atoms with E-state index in [0.29, 0.717) is 0 Å². The minimum atomic E-state index is 1.10. The third kappa shape index (κ3) is 6.73. The predicted molar refractivity (Wildman–Crippen MR) is 79.2 cm³/mol. The summed E-state index contributed by atoms with van der Waals surface area (Å²) < 4.78 is 0. The number of hydrogen-bond acceptors (Lipinski definition) is 1. The van der Waals surface area contributed by atoms with Gasteiger partial charge >= 0.3 is 0 Å². The lowest BCUT2D eigenvalue weighted by molar-refractivity contribution is 1.17. The molecule has 0 fully saturated rings. The first kappa shape index (κ1) is 17.7. The van der Waals surface area contributed by atoms with Crippen molar-refractivity contribution < 1.29 is 0 Å². The molecule has 0 nitrogen and oxygen atoms in total. The van der Waals surface area contributed by atoms with Gasteiger partial charge < -0.3 is 0 Å². The molecule has 1 aromatic rings. The SMILES string of the molecule is C1=CSc2ccccc2C1.CC.CC.CC. The zero-order chi connectivity index (χ0) is 12.8. The lowest BCUT2D eigenvalue weighted by Crippen LogP contribution is -1.87. The van der Waals surface area contributed by atoms with Gasteiger partial charge in [-0.1, -0.05) is 77.6 Å². The summed E-state index contributed by atoms with van der Waals surface area (Å²) in [6, 6.07) is 8.54. The highest BCUT2D eigenvalue weighted by molar-refractivity contribution is 8.02. The molecular weight excluding hydrogens is 212 g/mol. The predicted octanol–water partition coefficient (Wildman–Crippen LogP) is 5.93. The highest BCUT2D eigenvalue weighted by atomic mass is 32.2. The summed E-state index contributed by atoms with van der Waals surface area (Å²) in [4.78, 5) is 1.41. The van der Waals surface area contributed by atoms with Crippen molar-refractivity contribution in [3.8, 4) is 0 Å². The molecule has 1 aliphatic rings. The van der Waals surface area contributed by atoms with Gasteiger partial charge in [-0.15, -0.1) is 0 Å². The van der Waals surface area contributed by atoms with E-state index in [1.54, 1.807) is 0 Å². The maximum atomic E-state index is 2.20. The van der Waals surface area contributed by atoms with Crippen molar-refractivity contribution in [2.24, 2.45) is 0 Å². The molecule has 0 radical (unpaired) electrons. The van der Waals surface area contributed by atoms with Crippen LogP contribution in [0.4, 0.5) is 0 Å². The Morgan fingerprint density at radius 1 is 0.875 bits per heavy atom. The third-order valence-corrected chi connectivity index (χ3v) is 2.58. The fraction of sp³-hybridized carbons (Fsp3) is 0.467. The fourth-order valence-electron chi connectivity index (χ4n) is 1.08. The Morgan fingerprint density at radius 2 is 1.44 bits per heavy atom. The first-order valence-electron chi connectivity index (χ1n) is 6.36. The minimum Gasteiger partial charge on any atom is -0.0981 e. The van der Waals surface area contributed by atoms with Crippen LogP contribution in [0.15, 0.2) is 40.6 Å². The third-order valence-electron chi connectivity index (χ3n) is 1.60. The van der Waals surface area contributed by atoms with Gasteiger partial charge in [0, 0.05) is 4.90 Å². The highest BCUT2D eigenvalue weighted by Crippen LogP contribution is 2.27. The normalized spacial score (nSPS) is 10.4. The Hall–Kier alpha value is -0.690. The Kier molecular flexibility index (Phi) is 15.8. The lowest BCUT2D eigenvalue weighted by Gasteiger charge is -2.07. The topological polar surface area (TPSA) is 0 Å². The second kappa shape index (κ2) is 14.3. The molecule has 0 aliphatic carbocycles. The number of rotatable bonds is 0. The van der Waals surface area contributed by atoms with Crippen molar-refractivity contribution in [3.63, 3.8) is 0 Å². The maximum absolute atomic E-state index is 2.20. The quantitative estimate of drug-likeness (QED) is 0.540. The molecule has 0 spiro atoms. The monoisotopic (exact) mass is 238 g/mol. The van der Waals surface area contributed by atoms with Gasteiger partial charge in [0.2, 0.25) is 0 Å². The van der Waals surface area contributed by atoms with E-state index in [2.05, 4.69) is 35.7 Å². The zero-order valence-corrected chi connectivity index (χ0v) is 12.4. The van der Waals surface area contributed by atoms with Crippen LogP contribution in [0, 0.1) is 0 Å².